The third-order valence-corrected chi connectivity index (χ3v) is 3.58. The summed E-state index contributed by atoms with van der Waals surface area (Å²) in [7, 11) is 4.09. The van der Waals surface area contributed by atoms with Crippen molar-refractivity contribution in [1.29, 1.82) is 0 Å². The number of hydrogen-bond donors (Lipinski definition) is 2. The first-order valence-electron chi connectivity index (χ1n) is 7.05. The number of pyridine rings is 1. The number of carbonyl (C=O) groups excluding carboxylic acids is 1. The van der Waals surface area contributed by atoms with E-state index in [4.69, 9.17) is 5.73 Å². The Hall–Kier alpha value is -2.66. The van der Waals surface area contributed by atoms with Crippen LogP contribution in [0.5, 0.6) is 0 Å². The highest BCUT2D eigenvalue weighted by Gasteiger charge is 2.11. The first kappa shape index (κ1) is 14.3. The smallest absolute Gasteiger partial charge is 0.250 e. The maximum atomic E-state index is 11.4. The number of H-pyrrole nitrogens is 1. The number of amides is 1. The Morgan fingerprint density at radius 1 is 1.23 bits per heavy atom. The molecule has 0 aliphatic heterocycles. The molecule has 22 heavy (non-hydrogen) atoms. The van der Waals surface area contributed by atoms with E-state index in [1.165, 1.54) is 5.56 Å². The van der Waals surface area contributed by atoms with E-state index in [0.29, 0.717) is 11.2 Å². The zero-order chi connectivity index (χ0) is 15.7. The summed E-state index contributed by atoms with van der Waals surface area (Å²) in [5, 5.41) is 0.752. The summed E-state index contributed by atoms with van der Waals surface area (Å²) < 4.78 is 0. The molecule has 3 N–H and O–H groups in total. The van der Waals surface area contributed by atoms with Gasteiger partial charge in [-0.25, -0.2) is 4.98 Å². The summed E-state index contributed by atoms with van der Waals surface area (Å²) in [4.78, 5) is 20.9. The van der Waals surface area contributed by atoms with Gasteiger partial charge >= 0.3 is 0 Å². The molecular weight excluding hydrogens is 276 g/mol. The van der Waals surface area contributed by atoms with Crippen molar-refractivity contribution in [2.45, 2.75) is 6.54 Å². The lowest BCUT2D eigenvalue weighted by Gasteiger charge is -2.10. The van der Waals surface area contributed by atoms with Crippen LogP contribution in [0.1, 0.15) is 15.9 Å². The second-order valence-corrected chi connectivity index (χ2v) is 5.62. The summed E-state index contributed by atoms with van der Waals surface area (Å²) in [5.41, 5.74) is 9.80. The number of carbonyl (C=O) groups is 1. The van der Waals surface area contributed by atoms with Crippen LogP contribution < -0.4 is 5.73 Å². The van der Waals surface area contributed by atoms with Crippen LogP contribution in [0, 0.1) is 0 Å². The van der Waals surface area contributed by atoms with Crippen LogP contribution in [-0.4, -0.2) is 34.9 Å². The van der Waals surface area contributed by atoms with Gasteiger partial charge in [0.2, 0.25) is 0 Å². The van der Waals surface area contributed by atoms with Crippen molar-refractivity contribution in [2.75, 3.05) is 14.1 Å². The molecule has 0 unspecified atom stereocenters. The Labute approximate surface area is 128 Å². The van der Waals surface area contributed by atoms with E-state index in [9.17, 15) is 4.79 Å². The number of aromatic nitrogens is 2. The van der Waals surface area contributed by atoms with Gasteiger partial charge in [-0.05, 0) is 31.3 Å². The SMILES string of the molecule is CN(C)Cc1ccc(-c2cnc3[nH]cc(C(N)=O)c3c2)cc1. The number of rotatable bonds is 4. The Morgan fingerprint density at radius 2 is 1.95 bits per heavy atom. The van der Waals surface area contributed by atoms with E-state index in [0.717, 1.165) is 23.1 Å². The molecule has 0 aliphatic rings. The van der Waals surface area contributed by atoms with E-state index in [1.807, 2.05) is 20.2 Å². The second kappa shape index (κ2) is 5.61. The fourth-order valence-corrected chi connectivity index (χ4v) is 2.53. The molecule has 5 nitrogen and oxygen atoms in total. The lowest BCUT2D eigenvalue weighted by Crippen LogP contribution is -2.10. The van der Waals surface area contributed by atoms with Gasteiger partial charge < -0.3 is 15.6 Å². The van der Waals surface area contributed by atoms with Gasteiger partial charge in [-0.15, -0.1) is 0 Å². The summed E-state index contributed by atoms with van der Waals surface area (Å²) in [6.07, 6.45) is 3.40. The average molecular weight is 294 g/mol. The number of benzene rings is 1. The fraction of sp³-hybridized carbons (Fsp3) is 0.176. The molecule has 0 atom stereocenters. The lowest BCUT2D eigenvalue weighted by atomic mass is 10.0. The van der Waals surface area contributed by atoms with Crippen LogP contribution in [0.2, 0.25) is 0 Å². The summed E-state index contributed by atoms with van der Waals surface area (Å²) in [6, 6.07) is 10.3. The quantitative estimate of drug-likeness (QED) is 0.776. The first-order chi connectivity index (χ1) is 10.5. The van der Waals surface area contributed by atoms with Gasteiger partial charge in [0.25, 0.3) is 5.91 Å². The summed E-state index contributed by atoms with van der Waals surface area (Å²) >= 11 is 0. The van der Waals surface area contributed by atoms with Crippen LogP contribution in [0.4, 0.5) is 0 Å². The van der Waals surface area contributed by atoms with Crippen LogP contribution in [0.25, 0.3) is 22.2 Å². The molecular formula is C17H18N4O. The Kier molecular flexibility index (Phi) is 3.65. The molecule has 0 saturated heterocycles. The van der Waals surface area contributed by atoms with Crippen molar-refractivity contribution >= 4 is 16.9 Å². The molecule has 0 bridgehead atoms. The number of nitrogens with two attached hydrogens (primary N) is 1. The normalized spacial score (nSPS) is 11.2. The molecule has 0 radical (unpaired) electrons. The van der Waals surface area contributed by atoms with Crippen molar-refractivity contribution in [3.05, 3.63) is 53.9 Å². The van der Waals surface area contributed by atoms with E-state index < -0.39 is 5.91 Å². The first-order valence-corrected chi connectivity index (χ1v) is 7.05. The minimum absolute atomic E-state index is 0.452. The van der Waals surface area contributed by atoms with Crippen LogP contribution in [0.15, 0.2) is 42.7 Å². The molecule has 2 aromatic heterocycles. The number of fused-ring (bicyclic) bond motifs is 1. The molecule has 0 spiro atoms. The largest absolute Gasteiger partial charge is 0.366 e. The van der Waals surface area contributed by atoms with E-state index in [-0.39, 0.29) is 0 Å². The van der Waals surface area contributed by atoms with Crippen molar-refractivity contribution < 1.29 is 4.79 Å². The van der Waals surface area contributed by atoms with Crippen LogP contribution in [-0.2, 0) is 6.54 Å². The molecule has 5 heteroatoms. The van der Waals surface area contributed by atoms with Crippen LogP contribution in [0.3, 0.4) is 0 Å². The standard InChI is InChI=1S/C17H18N4O/c1-21(2)10-11-3-5-12(6-4-11)13-7-14-15(16(18)22)9-20-17(14)19-8-13/h3-9H,10H2,1-2H3,(H2,18,22)(H,19,20). The third-order valence-electron chi connectivity index (χ3n) is 3.58. The molecule has 3 rings (SSSR count). The van der Waals surface area contributed by atoms with Gasteiger partial charge in [0, 0.05) is 29.9 Å². The Bertz CT molecular complexity index is 818. The summed E-state index contributed by atoms with van der Waals surface area (Å²) in [6.45, 7) is 0.904. The zero-order valence-corrected chi connectivity index (χ0v) is 12.6. The molecule has 3 aromatic rings. The van der Waals surface area contributed by atoms with E-state index >= 15 is 0 Å². The number of nitrogens with one attached hydrogen (secondary N) is 1. The van der Waals surface area contributed by atoms with Crippen molar-refractivity contribution in [3.8, 4) is 11.1 Å². The highest BCUT2D eigenvalue weighted by molar-refractivity contribution is 6.05. The van der Waals surface area contributed by atoms with Gasteiger partial charge in [0.15, 0.2) is 0 Å². The molecule has 0 fully saturated rings. The summed E-state index contributed by atoms with van der Waals surface area (Å²) in [5.74, 6) is -0.452. The predicted octanol–water partition coefficient (Wildman–Crippen LogP) is 2.39. The number of aromatic amines is 1. The second-order valence-electron chi connectivity index (χ2n) is 5.62. The van der Waals surface area contributed by atoms with E-state index in [1.54, 1.807) is 12.4 Å². The lowest BCUT2D eigenvalue weighted by molar-refractivity contribution is 0.100. The van der Waals surface area contributed by atoms with Gasteiger partial charge in [-0.3, -0.25) is 4.79 Å². The van der Waals surface area contributed by atoms with Gasteiger partial charge in [0.1, 0.15) is 5.65 Å². The van der Waals surface area contributed by atoms with Gasteiger partial charge in [0.05, 0.1) is 5.56 Å². The van der Waals surface area contributed by atoms with E-state index in [2.05, 4.69) is 39.1 Å². The van der Waals surface area contributed by atoms with Gasteiger partial charge in [-0.2, -0.15) is 0 Å². The molecule has 1 aromatic carbocycles. The molecule has 112 valence electrons. The van der Waals surface area contributed by atoms with Gasteiger partial charge in [-0.1, -0.05) is 24.3 Å². The highest BCUT2D eigenvalue weighted by Crippen LogP contribution is 2.25. The molecule has 1 amide bonds. The molecule has 2 heterocycles. The van der Waals surface area contributed by atoms with Crippen LogP contribution >= 0.6 is 0 Å². The van der Waals surface area contributed by atoms with Crippen molar-refractivity contribution in [1.82, 2.24) is 14.9 Å². The average Bonchev–Trinajstić information content (AvgIpc) is 2.90. The minimum Gasteiger partial charge on any atom is -0.366 e. The maximum absolute atomic E-state index is 11.4. The van der Waals surface area contributed by atoms with Crippen molar-refractivity contribution in [3.63, 3.8) is 0 Å². The number of nitrogens with zero attached hydrogens (tertiary/aromatic N) is 2. The minimum atomic E-state index is -0.452. The third kappa shape index (κ3) is 2.71. The number of primary amides is 1. The fourth-order valence-electron chi connectivity index (χ4n) is 2.53. The zero-order valence-electron chi connectivity index (χ0n) is 12.6. The topological polar surface area (TPSA) is 75.0 Å². The maximum Gasteiger partial charge on any atom is 0.250 e. The number of hydrogen-bond acceptors (Lipinski definition) is 3. The predicted molar refractivity (Wildman–Crippen MR) is 87.4 cm³/mol. The molecule has 0 saturated carbocycles. The molecule has 0 aliphatic carbocycles. The van der Waals surface area contributed by atoms with Crippen molar-refractivity contribution in [2.24, 2.45) is 5.73 Å². The Balaban J connectivity index is 1.99. The highest BCUT2D eigenvalue weighted by atomic mass is 16.1. The monoisotopic (exact) mass is 294 g/mol. The Morgan fingerprint density at radius 3 is 2.59 bits per heavy atom.